The molecule has 1 amide bonds. The molecule has 2 rings (SSSR count). The van der Waals surface area contributed by atoms with Gasteiger partial charge in [-0.05, 0) is 56.2 Å². The van der Waals surface area contributed by atoms with E-state index in [4.69, 9.17) is 16.3 Å². The van der Waals surface area contributed by atoms with Gasteiger partial charge in [0.2, 0.25) is 5.91 Å². The first-order chi connectivity index (χ1) is 11.5. The minimum atomic E-state index is -0.154. The van der Waals surface area contributed by atoms with Gasteiger partial charge in [0.15, 0.2) is 0 Å². The molecule has 1 heterocycles. The van der Waals surface area contributed by atoms with E-state index in [9.17, 15) is 9.59 Å². The van der Waals surface area contributed by atoms with E-state index in [1.165, 1.54) is 0 Å². The zero-order valence-electron chi connectivity index (χ0n) is 13.8. The molecule has 0 radical (unpaired) electrons. The summed E-state index contributed by atoms with van der Waals surface area (Å²) in [6.45, 7) is 4.37. The van der Waals surface area contributed by atoms with Crippen molar-refractivity contribution >= 4 is 17.5 Å². The Morgan fingerprint density at radius 1 is 1.25 bits per heavy atom. The van der Waals surface area contributed by atoms with Crippen LogP contribution in [0.2, 0.25) is 5.02 Å². The number of amides is 1. The van der Waals surface area contributed by atoms with Crippen molar-refractivity contribution in [3.05, 3.63) is 62.5 Å². The molecule has 24 heavy (non-hydrogen) atoms. The number of aromatic nitrogens is 1. The first-order valence-corrected chi connectivity index (χ1v) is 8.18. The van der Waals surface area contributed by atoms with Gasteiger partial charge in [-0.25, -0.2) is 0 Å². The number of nitrogens with one attached hydrogen (secondary N) is 2. The van der Waals surface area contributed by atoms with E-state index >= 15 is 0 Å². The predicted molar refractivity (Wildman–Crippen MR) is 94.6 cm³/mol. The number of aryl methyl sites for hydroxylation is 2. The number of aromatic amines is 1. The van der Waals surface area contributed by atoms with Gasteiger partial charge in [-0.2, -0.15) is 0 Å². The fourth-order valence-electron chi connectivity index (χ4n) is 2.33. The molecule has 1 aromatic heterocycles. The third-order valence-electron chi connectivity index (χ3n) is 3.59. The quantitative estimate of drug-likeness (QED) is 0.755. The number of benzene rings is 1. The lowest BCUT2D eigenvalue weighted by Crippen LogP contribution is -2.28. The molecule has 0 fully saturated rings. The number of halogens is 1. The molecule has 0 bridgehead atoms. The summed E-state index contributed by atoms with van der Waals surface area (Å²) in [5, 5.41) is 3.43. The van der Waals surface area contributed by atoms with Gasteiger partial charge in [0.05, 0.1) is 6.61 Å². The van der Waals surface area contributed by atoms with E-state index in [1.807, 2.05) is 19.9 Å². The Morgan fingerprint density at radius 2 is 1.96 bits per heavy atom. The summed E-state index contributed by atoms with van der Waals surface area (Å²) >= 11 is 5.80. The normalized spacial score (nSPS) is 10.5. The standard InChI is InChI=1S/C18H21ClN2O3/c1-12-10-13(2)21-18(23)16(12)11-20-17(22)4-3-9-24-15-7-5-14(19)6-8-15/h5-8,10H,3-4,9,11H2,1-2H3,(H,20,22)(H,21,23). The molecule has 0 aliphatic carbocycles. The van der Waals surface area contributed by atoms with Gasteiger partial charge < -0.3 is 15.0 Å². The zero-order chi connectivity index (χ0) is 17.5. The average molecular weight is 349 g/mol. The molecular formula is C18H21ClN2O3. The van der Waals surface area contributed by atoms with Crippen LogP contribution in [0, 0.1) is 13.8 Å². The Morgan fingerprint density at radius 3 is 2.62 bits per heavy atom. The van der Waals surface area contributed by atoms with E-state index in [0.29, 0.717) is 30.0 Å². The van der Waals surface area contributed by atoms with Crippen molar-refractivity contribution in [3.63, 3.8) is 0 Å². The number of hydrogen-bond acceptors (Lipinski definition) is 3. The van der Waals surface area contributed by atoms with E-state index in [1.54, 1.807) is 24.3 Å². The molecule has 0 atom stereocenters. The minimum absolute atomic E-state index is 0.103. The summed E-state index contributed by atoms with van der Waals surface area (Å²) < 4.78 is 5.53. The van der Waals surface area contributed by atoms with E-state index < -0.39 is 0 Å². The van der Waals surface area contributed by atoms with Crippen molar-refractivity contribution in [2.75, 3.05) is 6.61 Å². The van der Waals surface area contributed by atoms with Gasteiger partial charge in [0.1, 0.15) is 5.75 Å². The highest BCUT2D eigenvalue weighted by atomic mass is 35.5. The Labute approximate surface area is 146 Å². The molecule has 128 valence electrons. The largest absolute Gasteiger partial charge is 0.494 e. The van der Waals surface area contributed by atoms with Crippen LogP contribution >= 0.6 is 11.6 Å². The Balaban J connectivity index is 1.72. The van der Waals surface area contributed by atoms with Gasteiger partial charge >= 0.3 is 0 Å². The highest BCUT2D eigenvalue weighted by molar-refractivity contribution is 6.30. The Hall–Kier alpha value is -2.27. The molecule has 2 aromatic rings. The summed E-state index contributed by atoms with van der Waals surface area (Å²) in [4.78, 5) is 26.5. The van der Waals surface area contributed by atoms with Gasteiger partial charge in [0, 0.05) is 29.2 Å². The molecule has 6 heteroatoms. The van der Waals surface area contributed by atoms with Crippen LogP contribution in [0.3, 0.4) is 0 Å². The maximum atomic E-state index is 11.9. The molecule has 1 aromatic carbocycles. The van der Waals surface area contributed by atoms with Crippen LogP contribution in [-0.2, 0) is 11.3 Å². The van der Waals surface area contributed by atoms with E-state index in [-0.39, 0.29) is 18.0 Å². The van der Waals surface area contributed by atoms with Crippen LogP contribution < -0.4 is 15.6 Å². The summed E-state index contributed by atoms with van der Waals surface area (Å²) in [5.41, 5.74) is 2.12. The fraction of sp³-hybridized carbons (Fsp3) is 0.333. The number of carbonyl (C=O) groups is 1. The van der Waals surface area contributed by atoms with Gasteiger partial charge in [0.25, 0.3) is 5.56 Å². The van der Waals surface area contributed by atoms with E-state index in [0.717, 1.165) is 17.0 Å². The van der Waals surface area contributed by atoms with Crippen molar-refractivity contribution in [1.29, 1.82) is 0 Å². The van der Waals surface area contributed by atoms with Crippen LogP contribution in [-0.4, -0.2) is 17.5 Å². The molecule has 0 saturated carbocycles. The van der Waals surface area contributed by atoms with Crippen molar-refractivity contribution in [3.8, 4) is 5.75 Å². The molecule has 5 nitrogen and oxygen atoms in total. The molecule has 0 aliphatic rings. The third kappa shape index (κ3) is 5.42. The number of hydrogen-bond donors (Lipinski definition) is 2. The van der Waals surface area contributed by atoms with E-state index in [2.05, 4.69) is 10.3 Å². The number of H-pyrrole nitrogens is 1. The van der Waals surface area contributed by atoms with Crippen LogP contribution in [0.4, 0.5) is 0 Å². The number of ether oxygens (including phenoxy) is 1. The van der Waals surface area contributed by atoms with Crippen molar-refractivity contribution in [2.24, 2.45) is 0 Å². The lowest BCUT2D eigenvalue weighted by molar-refractivity contribution is -0.121. The molecular weight excluding hydrogens is 328 g/mol. The highest BCUT2D eigenvalue weighted by Gasteiger charge is 2.07. The average Bonchev–Trinajstić information content (AvgIpc) is 2.52. The van der Waals surface area contributed by atoms with Crippen molar-refractivity contribution in [2.45, 2.75) is 33.2 Å². The second-order valence-corrected chi connectivity index (χ2v) is 6.06. The fourth-order valence-corrected chi connectivity index (χ4v) is 2.46. The molecule has 0 saturated heterocycles. The van der Waals surface area contributed by atoms with Gasteiger partial charge in [-0.15, -0.1) is 0 Å². The lowest BCUT2D eigenvalue weighted by Gasteiger charge is -2.09. The lowest BCUT2D eigenvalue weighted by atomic mass is 10.1. The third-order valence-corrected chi connectivity index (χ3v) is 3.84. The van der Waals surface area contributed by atoms with Gasteiger partial charge in [-0.1, -0.05) is 11.6 Å². The SMILES string of the molecule is Cc1cc(C)c(CNC(=O)CCCOc2ccc(Cl)cc2)c(=O)[nH]1. The maximum absolute atomic E-state index is 11.9. The highest BCUT2D eigenvalue weighted by Crippen LogP contribution is 2.15. The first kappa shape index (κ1) is 18.1. The van der Waals surface area contributed by atoms with Gasteiger partial charge in [-0.3, -0.25) is 9.59 Å². The summed E-state index contributed by atoms with van der Waals surface area (Å²) in [7, 11) is 0. The van der Waals surface area contributed by atoms with Crippen LogP contribution in [0.1, 0.15) is 29.7 Å². The summed E-state index contributed by atoms with van der Waals surface area (Å²) in [5.74, 6) is 0.621. The monoisotopic (exact) mass is 348 g/mol. The minimum Gasteiger partial charge on any atom is -0.494 e. The summed E-state index contributed by atoms with van der Waals surface area (Å²) in [6, 6.07) is 8.97. The summed E-state index contributed by atoms with van der Waals surface area (Å²) in [6.07, 6.45) is 0.939. The second-order valence-electron chi connectivity index (χ2n) is 5.63. The van der Waals surface area contributed by atoms with Crippen molar-refractivity contribution in [1.82, 2.24) is 10.3 Å². The first-order valence-electron chi connectivity index (χ1n) is 7.80. The predicted octanol–water partition coefficient (Wildman–Crippen LogP) is 3.12. The topological polar surface area (TPSA) is 71.2 Å². The molecule has 0 aliphatic heterocycles. The number of rotatable bonds is 7. The molecule has 0 spiro atoms. The zero-order valence-corrected chi connectivity index (χ0v) is 14.6. The number of pyridine rings is 1. The van der Waals surface area contributed by atoms with Crippen molar-refractivity contribution < 1.29 is 9.53 Å². The number of carbonyl (C=O) groups excluding carboxylic acids is 1. The second kappa shape index (κ2) is 8.55. The Bertz CT molecular complexity index is 754. The van der Waals surface area contributed by atoms with Crippen LogP contribution in [0.5, 0.6) is 5.75 Å². The van der Waals surface area contributed by atoms with Crippen LogP contribution in [0.25, 0.3) is 0 Å². The van der Waals surface area contributed by atoms with Crippen LogP contribution in [0.15, 0.2) is 35.1 Å². The molecule has 0 unspecified atom stereocenters. The molecule has 2 N–H and O–H groups in total. The Kier molecular flexibility index (Phi) is 6.44. The maximum Gasteiger partial charge on any atom is 0.253 e. The smallest absolute Gasteiger partial charge is 0.253 e.